The third-order valence-corrected chi connectivity index (χ3v) is 14.1. The summed E-state index contributed by atoms with van der Waals surface area (Å²) in [6.45, 7) is 0. The fraction of sp³-hybridized carbons (Fsp3) is 0. The number of hydrogen-bond acceptors (Lipinski definition) is 4. The first-order valence-corrected chi connectivity index (χ1v) is 21.9. The van der Waals surface area contributed by atoms with Crippen LogP contribution in [0.5, 0.6) is 0 Å². The van der Waals surface area contributed by atoms with Crippen LogP contribution in [0, 0.1) is 0 Å². The normalized spacial score (nSPS) is 11.7. The van der Waals surface area contributed by atoms with Crippen molar-refractivity contribution in [1.29, 1.82) is 0 Å². The van der Waals surface area contributed by atoms with E-state index in [4.69, 9.17) is 0 Å². The first-order chi connectivity index (χ1) is 29.7. The molecule has 0 spiro atoms. The largest absolute Gasteiger partial charge is 0.310 e. The summed E-state index contributed by atoms with van der Waals surface area (Å²) in [4.78, 5) is 4.78. The number of nitrogens with zero attached hydrogens (tertiary/aromatic N) is 2. The van der Waals surface area contributed by atoms with Gasteiger partial charge >= 0.3 is 0 Å². The zero-order valence-electron chi connectivity index (χ0n) is 32.5. The van der Waals surface area contributed by atoms with Gasteiger partial charge < -0.3 is 9.80 Å². The van der Waals surface area contributed by atoms with E-state index in [1.54, 1.807) is 0 Å². The number of fused-ring (bicyclic) bond motifs is 8. The van der Waals surface area contributed by atoms with Gasteiger partial charge in [-0.3, -0.25) is 0 Å². The second kappa shape index (κ2) is 14.2. The Kier molecular flexibility index (Phi) is 8.25. The summed E-state index contributed by atoms with van der Waals surface area (Å²) in [7, 11) is 0. The molecule has 0 aliphatic rings. The lowest BCUT2D eigenvalue weighted by Crippen LogP contribution is -2.10. The van der Waals surface area contributed by atoms with Crippen LogP contribution in [0.2, 0.25) is 0 Å². The maximum absolute atomic E-state index is 2.39. The van der Waals surface area contributed by atoms with Crippen molar-refractivity contribution >= 4 is 119 Å². The third-order valence-electron chi connectivity index (χ3n) is 11.8. The van der Waals surface area contributed by atoms with Crippen LogP contribution in [-0.2, 0) is 0 Å². The summed E-state index contributed by atoms with van der Waals surface area (Å²) in [6, 6.07) is 80.1. The average Bonchev–Trinajstić information content (AvgIpc) is 3.88. The summed E-state index contributed by atoms with van der Waals surface area (Å²) >= 11 is 3.71. The van der Waals surface area contributed by atoms with Crippen molar-refractivity contribution in [3.63, 3.8) is 0 Å². The smallest absolute Gasteiger partial charge is 0.0468 e. The summed E-state index contributed by atoms with van der Waals surface area (Å²) in [5.74, 6) is 0. The molecule has 0 saturated carbocycles. The standard InChI is InChI=1S/C56H36N2S2/c1-3-11-41-33-45(27-21-37(41)9-1)57(47-29-31-55-51(35-47)49-13-5-7-15-53(49)59-55)43-23-17-39(18-24-43)40-19-25-44(26-20-40)58(46-28-22-38-10-2-4-12-42(38)34-46)48-30-32-56-52(36-48)50-14-6-8-16-54(50)60-56/h1-36H. The van der Waals surface area contributed by atoms with E-state index in [1.165, 1.54) is 73.0 Å². The molecule has 12 aromatic rings. The summed E-state index contributed by atoms with van der Waals surface area (Å²) in [6.07, 6.45) is 0. The molecule has 0 bridgehead atoms. The minimum absolute atomic E-state index is 1.11. The van der Waals surface area contributed by atoms with Gasteiger partial charge in [-0.15, -0.1) is 22.7 Å². The lowest BCUT2D eigenvalue weighted by molar-refractivity contribution is 1.29. The van der Waals surface area contributed by atoms with Crippen molar-refractivity contribution < 1.29 is 0 Å². The fourth-order valence-corrected chi connectivity index (χ4v) is 11.0. The van der Waals surface area contributed by atoms with E-state index in [-0.39, 0.29) is 0 Å². The SMILES string of the molecule is c1ccc2cc(N(c3ccc(-c4ccc(N(c5ccc6ccccc6c5)c5ccc6sc7ccccc7c6c5)cc4)cc3)c3ccc4sc5ccccc5c4c3)ccc2c1. The van der Waals surface area contributed by atoms with Crippen LogP contribution in [0.4, 0.5) is 34.1 Å². The highest BCUT2D eigenvalue weighted by atomic mass is 32.1. The first-order valence-electron chi connectivity index (χ1n) is 20.3. The van der Waals surface area contributed by atoms with Crippen molar-refractivity contribution in [2.45, 2.75) is 0 Å². The van der Waals surface area contributed by atoms with Crippen molar-refractivity contribution in [2.24, 2.45) is 0 Å². The molecule has 12 rings (SSSR count). The Hall–Kier alpha value is -7.24. The molecule has 2 nitrogen and oxygen atoms in total. The molecule has 282 valence electrons. The Labute approximate surface area is 356 Å². The van der Waals surface area contributed by atoms with Gasteiger partial charge in [-0.1, -0.05) is 121 Å². The molecule has 0 radical (unpaired) electrons. The van der Waals surface area contributed by atoms with E-state index in [1.807, 2.05) is 22.7 Å². The van der Waals surface area contributed by atoms with E-state index in [2.05, 4.69) is 228 Å². The third kappa shape index (κ3) is 6.00. The van der Waals surface area contributed by atoms with E-state index >= 15 is 0 Å². The van der Waals surface area contributed by atoms with Crippen molar-refractivity contribution in [2.75, 3.05) is 9.80 Å². The Bertz CT molecular complexity index is 3320. The van der Waals surface area contributed by atoms with Crippen LogP contribution in [0.3, 0.4) is 0 Å². The number of rotatable bonds is 7. The number of hydrogen-bond donors (Lipinski definition) is 0. The predicted molar refractivity (Wildman–Crippen MR) is 262 cm³/mol. The lowest BCUT2D eigenvalue weighted by Gasteiger charge is -2.27. The summed E-state index contributed by atoms with van der Waals surface area (Å²) < 4.78 is 5.23. The maximum Gasteiger partial charge on any atom is 0.0468 e. The van der Waals surface area contributed by atoms with Gasteiger partial charge in [0.1, 0.15) is 0 Å². The van der Waals surface area contributed by atoms with Crippen molar-refractivity contribution in [3.8, 4) is 11.1 Å². The van der Waals surface area contributed by atoms with Crippen LogP contribution < -0.4 is 9.80 Å². The zero-order valence-corrected chi connectivity index (χ0v) is 34.1. The Morgan fingerprint density at radius 2 is 0.567 bits per heavy atom. The van der Waals surface area contributed by atoms with E-state index in [0.717, 1.165) is 34.1 Å². The molecule has 0 N–H and O–H groups in total. The van der Waals surface area contributed by atoms with E-state index in [9.17, 15) is 0 Å². The molecule has 0 aliphatic carbocycles. The van der Waals surface area contributed by atoms with Crippen molar-refractivity contribution in [3.05, 3.63) is 218 Å². The quantitative estimate of drug-likeness (QED) is 0.158. The van der Waals surface area contributed by atoms with Crippen molar-refractivity contribution in [1.82, 2.24) is 0 Å². The molecule has 4 heteroatoms. The zero-order chi connectivity index (χ0) is 39.6. The molecule has 0 fully saturated rings. The topological polar surface area (TPSA) is 6.48 Å². The number of benzene rings is 10. The molecule has 10 aromatic carbocycles. The van der Waals surface area contributed by atoms with Crippen LogP contribution in [0.15, 0.2) is 218 Å². The molecular formula is C56H36N2S2. The van der Waals surface area contributed by atoms with Gasteiger partial charge in [0.25, 0.3) is 0 Å². The fourth-order valence-electron chi connectivity index (χ4n) is 8.84. The first kappa shape index (κ1) is 34.8. The number of anilines is 6. The van der Waals surface area contributed by atoms with E-state index in [0.29, 0.717) is 0 Å². The van der Waals surface area contributed by atoms with E-state index < -0.39 is 0 Å². The van der Waals surface area contributed by atoms with Gasteiger partial charge in [-0.2, -0.15) is 0 Å². The Morgan fingerprint density at radius 3 is 1.02 bits per heavy atom. The summed E-state index contributed by atoms with van der Waals surface area (Å²) in [5, 5.41) is 10.1. The highest BCUT2D eigenvalue weighted by molar-refractivity contribution is 7.26. The lowest BCUT2D eigenvalue weighted by atomic mass is 10.0. The maximum atomic E-state index is 2.39. The average molecular weight is 801 g/mol. The molecule has 60 heavy (non-hydrogen) atoms. The molecular weight excluding hydrogens is 765 g/mol. The highest BCUT2D eigenvalue weighted by Gasteiger charge is 2.18. The Morgan fingerprint density at radius 1 is 0.233 bits per heavy atom. The van der Waals surface area contributed by atoms with Gasteiger partial charge in [0.15, 0.2) is 0 Å². The molecule has 0 aliphatic heterocycles. The van der Waals surface area contributed by atoms with Crippen LogP contribution in [0.25, 0.3) is 73.0 Å². The predicted octanol–water partition coefficient (Wildman–Crippen LogP) is 17.3. The number of thiophene rings is 2. The molecule has 0 unspecified atom stereocenters. The molecule has 2 heterocycles. The van der Waals surface area contributed by atoms with Gasteiger partial charge in [-0.05, 0) is 130 Å². The summed E-state index contributed by atoms with van der Waals surface area (Å²) in [5.41, 5.74) is 9.12. The van der Waals surface area contributed by atoms with Gasteiger partial charge in [0, 0.05) is 74.5 Å². The van der Waals surface area contributed by atoms with Gasteiger partial charge in [0.2, 0.25) is 0 Å². The monoisotopic (exact) mass is 800 g/mol. The second-order valence-corrected chi connectivity index (χ2v) is 17.6. The Balaban J connectivity index is 0.928. The van der Waals surface area contributed by atoms with Crippen LogP contribution >= 0.6 is 22.7 Å². The van der Waals surface area contributed by atoms with Crippen LogP contribution in [0.1, 0.15) is 0 Å². The molecule has 0 amide bonds. The van der Waals surface area contributed by atoms with Gasteiger partial charge in [0.05, 0.1) is 0 Å². The minimum Gasteiger partial charge on any atom is -0.310 e. The van der Waals surface area contributed by atoms with Gasteiger partial charge in [-0.25, -0.2) is 0 Å². The minimum atomic E-state index is 1.11. The molecule has 0 atom stereocenters. The molecule has 0 saturated heterocycles. The molecule has 2 aromatic heterocycles. The second-order valence-electron chi connectivity index (χ2n) is 15.4. The van der Waals surface area contributed by atoms with Crippen LogP contribution in [-0.4, -0.2) is 0 Å². The highest BCUT2D eigenvalue weighted by Crippen LogP contribution is 2.44.